The van der Waals surface area contributed by atoms with E-state index < -0.39 is 38.5 Å². The number of aromatic nitrogens is 3. The highest BCUT2D eigenvalue weighted by atomic mass is 32.2. The van der Waals surface area contributed by atoms with Gasteiger partial charge >= 0.3 is 15.8 Å². The van der Waals surface area contributed by atoms with Gasteiger partial charge in [0.25, 0.3) is 11.1 Å². The monoisotopic (exact) mass is 423 g/mol. The van der Waals surface area contributed by atoms with E-state index in [-0.39, 0.29) is 22.3 Å². The van der Waals surface area contributed by atoms with Gasteiger partial charge in [0.2, 0.25) is 0 Å². The zero-order valence-corrected chi connectivity index (χ0v) is 17.1. The fraction of sp³-hybridized carbons (Fsp3) is 0.278. The molecule has 0 amide bonds. The van der Waals surface area contributed by atoms with Gasteiger partial charge in [0, 0.05) is 14.1 Å². The number of rotatable bonds is 3. The third-order valence-corrected chi connectivity index (χ3v) is 4.99. The molecule has 0 N–H and O–H groups in total. The summed E-state index contributed by atoms with van der Waals surface area (Å²) in [6, 6.07) is 4.08. The molecule has 0 atom stereocenters. The van der Waals surface area contributed by atoms with Gasteiger partial charge in [-0.25, -0.2) is 13.8 Å². The van der Waals surface area contributed by atoms with Crippen LogP contribution in [0.25, 0.3) is 16.7 Å². The molecule has 2 aromatic heterocycles. The highest BCUT2D eigenvalue weighted by molar-refractivity contribution is 7.86. The molecule has 154 valence electrons. The van der Waals surface area contributed by atoms with Crippen molar-refractivity contribution in [1.29, 1.82) is 0 Å². The summed E-state index contributed by atoms with van der Waals surface area (Å²) in [5.41, 5.74) is -2.53. The smallest absolute Gasteiger partial charge is 0.337 e. The summed E-state index contributed by atoms with van der Waals surface area (Å²) >= 11 is 0. The third-order valence-electron chi connectivity index (χ3n) is 4.52. The largest absolute Gasteiger partial charge is 0.381 e. The van der Waals surface area contributed by atoms with Crippen LogP contribution in [-0.2, 0) is 24.2 Å². The Morgan fingerprint density at radius 2 is 1.62 bits per heavy atom. The zero-order chi connectivity index (χ0) is 21.8. The molecule has 0 saturated heterocycles. The number of hydrogen-bond acceptors (Lipinski definition) is 6. The molecule has 29 heavy (non-hydrogen) atoms. The molecule has 9 nitrogen and oxygen atoms in total. The quantitative estimate of drug-likeness (QED) is 0.567. The normalized spacial score (nSPS) is 11.8. The lowest BCUT2D eigenvalue weighted by molar-refractivity contribution is 0.491. The van der Waals surface area contributed by atoms with Crippen LogP contribution < -0.4 is 21.0 Å². The van der Waals surface area contributed by atoms with Crippen molar-refractivity contribution in [2.75, 3.05) is 6.26 Å². The van der Waals surface area contributed by atoms with Crippen LogP contribution in [0.15, 0.2) is 32.6 Å². The molecule has 1 aromatic carbocycles. The maximum atomic E-state index is 14.7. The van der Waals surface area contributed by atoms with E-state index in [1.807, 2.05) is 0 Å². The first-order chi connectivity index (χ1) is 13.3. The van der Waals surface area contributed by atoms with Gasteiger partial charge in [-0.3, -0.25) is 18.7 Å². The number of fused-ring (bicyclic) bond motifs is 1. The van der Waals surface area contributed by atoms with Gasteiger partial charge in [-0.2, -0.15) is 8.42 Å². The molecule has 0 spiro atoms. The minimum absolute atomic E-state index is 0.142. The van der Waals surface area contributed by atoms with Crippen molar-refractivity contribution in [1.82, 2.24) is 13.7 Å². The first-order valence-corrected chi connectivity index (χ1v) is 10.2. The molecule has 0 aliphatic rings. The van der Waals surface area contributed by atoms with Crippen molar-refractivity contribution < 1.29 is 17.0 Å². The average Bonchev–Trinajstić information content (AvgIpc) is 2.61. The van der Waals surface area contributed by atoms with Crippen molar-refractivity contribution in [2.24, 2.45) is 14.1 Å². The lowest BCUT2D eigenvalue weighted by Gasteiger charge is -2.18. The SMILES string of the molecule is Cc1ccc(-n2c(=O)n(C)c(=O)c3c(OS(C)(=O)=O)c(C)c(=O)n(C)c32)c(F)c1. The van der Waals surface area contributed by atoms with E-state index in [4.69, 9.17) is 4.18 Å². The number of pyridine rings is 1. The second-order valence-corrected chi connectivity index (χ2v) is 8.32. The number of halogens is 1. The number of nitrogens with zero attached hydrogens (tertiary/aromatic N) is 3. The molecule has 0 fully saturated rings. The van der Waals surface area contributed by atoms with Crippen LogP contribution >= 0.6 is 0 Å². The van der Waals surface area contributed by atoms with Crippen molar-refractivity contribution in [3.63, 3.8) is 0 Å². The summed E-state index contributed by atoms with van der Waals surface area (Å²) in [4.78, 5) is 38.4. The highest BCUT2D eigenvalue weighted by Gasteiger charge is 2.25. The second kappa shape index (κ2) is 6.69. The Bertz CT molecular complexity index is 1460. The fourth-order valence-corrected chi connectivity index (χ4v) is 3.63. The van der Waals surface area contributed by atoms with Gasteiger partial charge in [0.05, 0.1) is 17.5 Å². The van der Waals surface area contributed by atoms with Crippen molar-refractivity contribution >= 4 is 21.2 Å². The van der Waals surface area contributed by atoms with Gasteiger partial charge in [0.15, 0.2) is 5.75 Å². The highest BCUT2D eigenvalue weighted by Crippen LogP contribution is 2.26. The maximum absolute atomic E-state index is 14.7. The summed E-state index contributed by atoms with van der Waals surface area (Å²) in [5, 5.41) is -0.336. The molecule has 0 radical (unpaired) electrons. The predicted octanol–water partition coefficient (Wildman–Crippen LogP) is 0.482. The average molecular weight is 423 g/mol. The summed E-state index contributed by atoms with van der Waals surface area (Å²) in [5.74, 6) is -1.25. The molecule has 0 unspecified atom stereocenters. The van der Waals surface area contributed by atoms with Crippen molar-refractivity contribution in [3.8, 4) is 11.4 Å². The van der Waals surface area contributed by atoms with Crippen LogP contribution in [0.3, 0.4) is 0 Å². The molecule has 0 bridgehead atoms. The van der Waals surface area contributed by atoms with Gasteiger partial charge in [-0.15, -0.1) is 0 Å². The zero-order valence-electron chi connectivity index (χ0n) is 16.3. The lowest BCUT2D eigenvalue weighted by atomic mass is 10.2. The Hall–Kier alpha value is -3.21. The van der Waals surface area contributed by atoms with E-state index in [0.29, 0.717) is 10.1 Å². The van der Waals surface area contributed by atoms with Crippen LogP contribution in [0, 0.1) is 19.7 Å². The van der Waals surface area contributed by atoms with Crippen molar-refractivity contribution in [2.45, 2.75) is 13.8 Å². The molecular formula is C18H18FN3O6S. The number of aryl methyl sites for hydroxylation is 2. The van der Waals surface area contributed by atoms with Gasteiger partial charge in [-0.05, 0) is 31.5 Å². The van der Waals surface area contributed by atoms with E-state index in [1.54, 1.807) is 13.0 Å². The van der Waals surface area contributed by atoms with Crippen LogP contribution in [0.5, 0.6) is 5.75 Å². The van der Waals surface area contributed by atoms with E-state index in [0.717, 1.165) is 22.4 Å². The number of benzene rings is 1. The molecular weight excluding hydrogens is 405 g/mol. The lowest BCUT2D eigenvalue weighted by Crippen LogP contribution is -2.41. The Labute approximate surface area is 164 Å². The molecule has 3 aromatic rings. The number of hydrogen-bond donors (Lipinski definition) is 0. The van der Waals surface area contributed by atoms with Crippen molar-refractivity contribution in [3.05, 3.63) is 66.3 Å². The Morgan fingerprint density at radius 1 is 1.00 bits per heavy atom. The molecule has 11 heteroatoms. The Morgan fingerprint density at radius 3 is 2.17 bits per heavy atom. The van der Waals surface area contributed by atoms with Gasteiger partial charge in [0.1, 0.15) is 16.9 Å². The van der Waals surface area contributed by atoms with E-state index >= 15 is 0 Å². The summed E-state index contributed by atoms with van der Waals surface area (Å²) in [6.45, 7) is 2.95. The predicted molar refractivity (Wildman–Crippen MR) is 105 cm³/mol. The maximum Gasteiger partial charge on any atom is 0.337 e. The minimum Gasteiger partial charge on any atom is -0.381 e. The first-order valence-electron chi connectivity index (χ1n) is 8.36. The van der Waals surface area contributed by atoms with E-state index in [2.05, 4.69) is 0 Å². The molecule has 0 aliphatic heterocycles. The first kappa shape index (κ1) is 20.5. The van der Waals surface area contributed by atoms with E-state index in [9.17, 15) is 27.2 Å². The van der Waals surface area contributed by atoms with Gasteiger partial charge in [-0.1, -0.05) is 6.07 Å². The minimum atomic E-state index is -4.11. The van der Waals surface area contributed by atoms with Crippen LogP contribution in [-0.4, -0.2) is 28.4 Å². The Balaban J connectivity index is 2.71. The molecule has 2 heterocycles. The molecule has 3 rings (SSSR count). The molecule has 0 aliphatic carbocycles. The third kappa shape index (κ3) is 3.27. The summed E-state index contributed by atoms with van der Waals surface area (Å²) < 4.78 is 45.6. The van der Waals surface area contributed by atoms with Crippen LogP contribution in [0.2, 0.25) is 0 Å². The van der Waals surface area contributed by atoms with Gasteiger partial charge < -0.3 is 4.18 Å². The summed E-state index contributed by atoms with van der Waals surface area (Å²) in [6.07, 6.45) is 0.760. The fourth-order valence-electron chi connectivity index (χ4n) is 3.12. The standard InChI is InChI=1S/C18H18FN3O6S/c1-9-6-7-12(11(19)8-9)22-15-13(17(24)21(4)18(22)25)14(28-29(5,26)27)10(2)16(23)20(15)3/h6-8H,1-5H3. The van der Waals surface area contributed by atoms with Crippen LogP contribution in [0.1, 0.15) is 11.1 Å². The Kier molecular flexibility index (Phi) is 4.74. The topological polar surface area (TPSA) is 109 Å². The van der Waals surface area contributed by atoms with E-state index in [1.165, 1.54) is 26.1 Å². The van der Waals surface area contributed by atoms with Crippen LogP contribution in [0.4, 0.5) is 4.39 Å². The second-order valence-electron chi connectivity index (χ2n) is 6.74. The molecule has 0 saturated carbocycles. The summed E-state index contributed by atoms with van der Waals surface area (Å²) in [7, 11) is -1.65.